The molecule has 1 unspecified atom stereocenters. The predicted molar refractivity (Wildman–Crippen MR) is 132 cm³/mol. The van der Waals surface area contributed by atoms with Crippen LogP contribution in [0.25, 0.3) is 11.0 Å². The molecule has 1 aliphatic heterocycles. The predicted octanol–water partition coefficient (Wildman–Crippen LogP) is 3.58. The van der Waals surface area contributed by atoms with Crippen LogP contribution in [0.15, 0.2) is 66.1 Å². The standard InChI is InChI=1S/C24H26FN7OS/c1-16(17-3-5-18(25)6-4-17)30-34(33)20-7-8-22(27-13-20)31(2)19-10-12-32(14-19)24-21-9-11-26-23(21)28-15-29-24/h3-9,11,13,15-16,19,30H,10,12,14H2,1-2H3,(H,26,28,29)/t16-,19+,34?/m0/s1. The van der Waals surface area contributed by atoms with Crippen LogP contribution in [-0.4, -0.2) is 50.7 Å². The first kappa shape index (κ1) is 22.6. The molecule has 176 valence electrons. The van der Waals surface area contributed by atoms with E-state index in [9.17, 15) is 8.94 Å². The van der Waals surface area contributed by atoms with Gasteiger partial charge in [-0.1, -0.05) is 12.1 Å². The number of benzene rings is 1. The third-order valence-electron chi connectivity index (χ3n) is 6.29. The maximum absolute atomic E-state index is 13.1. The minimum atomic E-state index is -1.43. The van der Waals surface area contributed by atoms with Gasteiger partial charge >= 0.3 is 0 Å². The van der Waals surface area contributed by atoms with E-state index < -0.39 is 11.4 Å². The summed E-state index contributed by atoms with van der Waals surface area (Å²) >= 11 is -1.43. The first-order valence-corrected chi connectivity index (χ1v) is 12.3. The Balaban J connectivity index is 1.22. The summed E-state index contributed by atoms with van der Waals surface area (Å²) in [5.74, 6) is 1.48. The summed E-state index contributed by atoms with van der Waals surface area (Å²) in [4.78, 5) is 21.5. The Hall–Kier alpha value is -3.21. The van der Waals surface area contributed by atoms with Gasteiger partial charge in [0.2, 0.25) is 0 Å². The van der Waals surface area contributed by atoms with Gasteiger partial charge in [-0.2, -0.15) is 0 Å². The SMILES string of the molecule is C[C@H](N[S+]([O-])c1ccc(N(C)[C@@H]2CCN(c3ncnc4[nH]ccc34)C2)nc1)c1ccc(F)cc1. The number of likely N-dealkylation sites (N-methyl/N-ethyl adjacent to an activating group) is 1. The quantitative estimate of drug-likeness (QED) is 0.391. The molecule has 4 heterocycles. The lowest BCUT2D eigenvalue weighted by atomic mass is 10.1. The molecule has 4 aromatic rings. The van der Waals surface area contributed by atoms with Gasteiger partial charge in [0.25, 0.3) is 0 Å². The van der Waals surface area contributed by atoms with Gasteiger partial charge in [-0.05, 0) is 43.2 Å². The van der Waals surface area contributed by atoms with Crippen molar-refractivity contribution >= 4 is 34.0 Å². The van der Waals surface area contributed by atoms with Gasteiger partial charge in [0, 0.05) is 38.4 Å². The van der Waals surface area contributed by atoms with Crippen LogP contribution in [0.2, 0.25) is 0 Å². The zero-order chi connectivity index (χ0) is 23.7. The fourth-order valence-electron chi connectivity index (χ4n) is 4.29. The molecule has 3 atom stereocenters. The molecular weight excluding hydrogens is 453 g/mol. The van der Waals surface area contributed by atoms with Crippen LogP contribution in [0.1, 0.15) is 24.9 Å². The fourth-order valence-corrected chi connectivity index (χ4v) is 5.22. The maximum Gasteiger partial charge on any atom is 0.192 e. The van der Waals surface area contributed by atoms with E-state index in [0.717, 1.165) is 47.7 Å². The minimum absolute atomic E-state index is 0.193. The number of hydrogen-bond donors (Lipinski definition) is 2. The molecule has 3 aromatic heterocycles. The summed E-state index contributed by atoms with van der Waals surface area (Å²) < 4.78 is 29.0. The van der Waals surface area contributed by atoms with Gasteiger partial charge in [0.15, 0.2) is 4.90 Å². The number of pyridine rings is 1. The van der Waals surface area contributed by atoms with Crippen LogP contribution >= 0.6 is 0 Å². The number of H-pyrrole nitrogens is 1. The molecule has 10 heteroatoms. The van der Waals surface area contributed by atoms with Crippen molar-refractivity contribution in [3.63, 3.8) is 0 Å². The van der Waals surface area contributed by atoms with Crippen molar-refractivity contribution in [1.29, 1.82) is 0 Å². The first-order valence-electron chi connectivity index (χ1n) is 11.1. The molecule has 1 aliphatic rings. The minimum Gasteiger partial charge on any atom is -0.593 e. The molecule has 2 N–H and O–H groups in total. The number of nitrogens with one attached hydrogen (secondary N) is 2. The van der Waals surface area contributed by atoms with Gasteiger partial charge in [-0.25, -0.2) is 19.3 Å². The summed E-state index contributed by atoms with van der Waals surface area (Å²) in [7, 11) is 2.04. The molecule has 0 bridgehead atoms. The number of anilines is 2. The van der Waals surface area contributed by atoms with Crippen LogP contribution in [0.4, 0.5) is 16.0 Å². The topological polar surface area (TPSA) is 96.0 Å². The Morgan fingerprint density at radius 2 is 2.00 bits per heavy atom. The lowest BCUT2D eigenvalue weighted by Crippen LogP contribution is -2.35. The lowest BCUT2D eigenvalue weighted by Gasteiger charge is -2.26. The zero-order valence-corrected chi connectivity index (χ0v) is 19.8. The van der Waals surface area contributed by atoms with Crippen molar-refractivity contribution in [3.8, 4) is 0 Å². The van der Waals surface area contributed by atoms with Crippen molar-refractivity contribution in [2.75, 3.05) is 29.9 Å². The second kappa shape index (κ2) is 9.57. The summed E-state index contributed by atoms with van der Waals surface area (Å²) in [6, 6.07) is 12.0. The number of rotatable bonds is 7. The Morgan fingerprint density at radius 3 is 2.76 bits per heavy atom. The molecular formula is C24H26FN7OS. The highest BCUT2D eigenvalue weighted by Gasteiger charge is 2.29. The van der Waals surface area contributed by atoms with Crippen LogP contribution in [0.5, 0.6) is 0 Å². The molecule has 1 saturated heterocycles. The fraction of sp³-hybridized carbons (Fsp3) is 0.292. The molecule has 5 rings (SSSR count). The molecule has 0 aliphatic carbocycles. The summed E-state index contributed by atoms with van der Waals surface area (Å²) in [6.07, 6.45) is 6.11. The number of fused-ring (bicyclic) bond motifs is 1. The van der Waals surface area contributed by atoms with E-state index in [4.69, 9.17) is 0 Å². The smallest absolute Gasteiger partial charge is 0.192 e. The van der Waals surface area contributed by atoms with Crippen LogP contribution in [0.3, 0.4) is 0 Å². The molecule has 0 amide bonds. The Morgan fingerprint density at radius 1 is 1.18 bits per heavy atom. The van der Waals surface area contributed by atoms with Crippen LogP contribution in [0, 0.1) is 5.82 Å². The highest BCUT2D eigenvalue weighted by atomic mass is 32.2. The van der Waals surface area contributed by atoms with E-state index >= 15 is 0 Å². The van der Waals surface area contributed by atoms with Gasteiger partial charge in [-0.15, -0.1) is 4.72 Å². The molecule has 1 fully saturated rings. The molecule has 0 radical (unpaired) electrons. The highest BCUT2D eigenvalue weighted by Crippen LogP contribution is 2.28. The maximum atomic E-state index is 13.1. The van der Waals surface area contributed by atoms with Gasteiger partial charge in [0.05, 0.1) is 29.0 Å². The Kier molecular flexibility index (Phi) is 6.36. The van der Waals surface area contributed by atoms with Crippen molar-refractivity contribution in [3.05, 3.63) is 72.6 Å². The third kappa shape index (κ3) is 4.56. The molecule has 8 nitrogen and oxygen atoms in total. The second-order valence-corrected chi connectivity index (χ2v) is 9.69. The van der Waals surface area contributed by atoms with E-state index in [-0.39, 0.29) is 17.9 Å². The van der Waals surface area contributed by atoms with E-state index in [2.05, 4.69) is 34.5 Å². The van der Waals surface area contributed by atoms with E-state index in [1.54, 1.807) is 24.7 Å². The van der Waals surface area contributed by atoms with Gasteiger partial charge < -0.3 is 19.3 Å². The second-order valence-electron chi connectivity index (χ2n) is 8.45. The number of nitrogens with zero attached hydrogens (tertiary/aromatic N) is 5. The van der Waals surface area contributed by atoms with Gasteiger partial charge in [-0.3, -0.25) is 0 Å². The molecule has 0 spiro atoms. The van der Waals surface area contributed by atoms with E-state index in [1.807, 2.05) is 38.4 Å². The van der Waals surface area contributed by atoms with Gasteiger partial charge in [0.1, 0.15) is 29.4 Å². The highest BCUT2D eigenvalue weighted by molar-refractivity contribution is 7.89. The summed E-state index contributed by atoms with van der Waals surface area (Å²) in [6.45, 7) is 3.63. The number of aromatic amines is 1. The van der Waals surface area contributed by atoms with Crippen molar-refractivity contribution in [1.82, 2.24) is 24.7 Å². The Bertz CT molecular complexity index is 1250. The van der Waals surface area contributed by atoms with Crippen molar-refractivity contribution in [2.45, 2.75) is 30.3 Å². The Labute approximate surface area is 200 Å². The van der Waals surface area contributed by atoms with E-state index in [0.29, 0.717) is 4.90 Å². The average Bonchev–Trinajstić information content (AvgIpc) is 3.54. The number of halogens is 1. The van der Waals surface area contributed by atoms with E-state index in [1.165, 1.54) is 12.1 Å². The lowest BCUT2D eigenvalue weighted by molar-refractivity contribution is 0.565. The number of aromatic nitrogens is 4. The average molecular weight is 480 g/mol. The monoisotopic (exact) mass is 479 g/mol. The van der Waals surface area contributed by atoms with Crippen LogP contribution in [-0.2, 0) is 11.4 Å². The normalized spacial score (nSPS) is 17.8. The summed E-state index contributed by atoms with van der Waals surface area (Å²) in [5.41, 5.74) is 1.71. The molecule has 1 aromatic carbocycles. The zero-order valence-electron chi connectivity index (χ0n) is 19.0. The molecule has 34 heavy (non-hydrogen) atoms. The number of hydrogen-bond acceptors (Lipinski definition) is 7. The summed E-state index contributed by atoms with van der Waals surface area (Å²) in [5, 5.41) is 1.03. The van der Waals surface area contributed by atoms with Crippen molar-refractivity contribution < 1.29 is 8.94 Å². The first-order chi connectivity index (χ1) is 16.5. The van der Waals surface area contributed by atoms with Crippen molar-refractivity contribution in [2.24, 2.45) is 0 Å². The largest absolute Gasteiger partial charge is 0.593 e. The third-order valence-corrected chi connectivity index (χ3v) is 7.53. The molecule has 0 saturated carbocycles. The van der Waals surface area contributed by atoms with Crippen LogP contribution < -0.4 is 14.5 Å².